The number of piperazine rings is 1. The molecule has 32 heavy (non-hydrogen) atoms. The summed E-state index contributed by atoms with van der Waals surface area (Å²) in [4.78, 5) is 42.8. The van der Waals surface area contributed by atoms with Crippen LogP contribution in [0.2, 0.25) is 0 Å². The van der Waals surface area contributed by atoms with E-state index in [1.54, 1.807) is 0 Å². The van der Waals surface area contributed by atoms with Crippen molar-refractivity contribution >= 4 is 17.7 Å². The van der Waals surface area contributed by atoms with E-state index < -0.39 is 18.0 Å². The summed E-state index contributed by atoms with van der Waals surface area (Å²) < 4.78 is 0.538. The molecule has 2 N–H and O–H groups in total. The second-order valence-electron chi connectivity index (χ2n) is 9.76. The molecule has 0 aromatic heterocycles. The topological polar surface area (TPSA) is 101 Å². The zero-order valence-corrected chi connectivity index (χ0v) is 20.3. The van der Waals surface area contributed by atoms with E-state index in [0.717, 1.165) is 65.2 Å². The molecule has 0 aromatic rings. The van der Waals surface area contributed by atoms with Crippen molar-refractivity contribution < 1.29 is 46.1 Å². The van der Waals surface area contributed by atoms with Crippen LogP contribution in [0.25, 0.3) is 0 Å². The number of carboxylic acid groups (broad SMARTS) is 2. The largest absolute Gasteiger partial charge is 2.00 e. The first-order chi connectivity index (χ1) is 14.7. The fourth-order valence-electron chi connectivity index (χ4n) is 5.78. The summed E-state index contributed by atoms with van der Waals surface area (Å²) in [6, 6.07) is -0.573. The smallest absolute Gasteiger partial charge is 0.480 e. The van der Waals surface area contributed by atoms with Gasteiger partial charge in [0.2, 0.25) is 0 Å². The average molecular weight is 503 g/mol. The molecule has 1 radical (unpaired) electrons. The number of quaternary nitrogens is 1. The molecule has 0 amide bonds. The maximum atomic E-state index is 12.5. The van der Waals surface area contributed by atoms with E-state index in [0.29, 0.717) is 23.9 Å². The Kier molecular flexibility index (Phi) is 10.1. The number of aliphatic carboxylic acids is 2. The summed E-state index contributed by atoms with van der Waals surface area (Å²) in [6.07, 6.45) is 2.64. The van der Waals surface area contributed by atoms with E-state index >= 15 is 0 Å². The molecule has 3 saturated heterocycles. The van der Waals surface area contributed by atoms with Gasteiger partial charge in [-0.05, 0) is 13.0 Å². The molecule has 0 spiro atoms. The van der Waals surface area contributed by atoms with E-state index in [2.05, 4.69) is 9.80 Å². The van der Waals surface area contributed by atoms with Crippen LogP contribution in [0, 0.1) is 5.92 Å². The Morgan fingerprint density at radius 3 is 2.38 bits per heavy atom. The Morgan fingerprint density at radius 1 is 0.969 bits per heavy atom. The Morgan fingerprint density at radius 2 is 1.72 bits per heavy atom. The number of carboxylic acids is 2. The van der Waals surface area contributed by atoms with Crippen LogP contribution >= 0.6 is 0 Å². The van der Waals surface area contributed by atoms with E-state index in [1.807, 2.05) is 18.7 Å². The monoisotopic (exact) mass is 502 g/mol. The van der Waals surface area contributed by atoms with Crippen molar-refractivity contribution in [3.05, 3.63) is 0 Å². The fraction of sp³-hybridized carbons (Fsp3) is 0.864. The van der Waals surface area contributed by atoms with Gasteiger partial charge in [0.05, 0.1) is 26.2 Å². The summed E-state index contributed by atoms with van der Waals surface area (Å²) in [5.74, 6) is -1.54. The molecule has 3 rings (SSSR count). The van der Waals surface area contributed by atoms with Gasteiger partial charge in [-0.1, -0.05) is 13.8 Å². The summed E-state index contributed by atoms with van der Waals surface area (Å²) in [7, 11) is 0. The quantitative estimate of drug-likeness (QED) is 0.363. The minimum atomic E-state index is -0.804. The zero-order chi connectivity index (χ0) is 22.6. The third kappa shape index (κ3) is 6.30. The molecule has 0 aliphatic carbocycles. The van der Waals surface area contributed by atoms with Gasteiger partial charge in [-0.15, -0.1) is 0 Å². The van der Waals surface area contributed by atoms with Gasteiger partial charge in [-0.3, -0.25) is 28.8 Å². The minimum absolute atomic E-state index is 0. The zero-order valence-electron chi connectivity index (χ0n) is 19.3. The summed E-state index contributed by atoms with van der Waals surface area (Å²) in [5, 5.41) is 19.5. The van der Waals surface area contributed by atoms with Crippen molar-refractivity contribution in [1.29, 1.82) is 0 Å². The van der Waals surface area contributed by atoms with Gasteiger partial charge in [-0.25, -0.2) is 4.79 Å². The van der Waals surface area contributed by atoms with Crippen molar-refractivity contribution in [3.8, 4) is 0 Å². The van der Waals surface area contributed by atoms with Gasteiger partial charge in [0.1, 0.15) is 5.78 Å². The van der Waals surface area contributed by atoms with Crippen LogP contribution in [0.4, 0.5) is 0 Å². The molecule has 10 heteroatoms. The molecule has 3 heterocycles. The van der Waals surface area contributed by atoms with Gasteiger partial charge in [0.15, 0.2) is 12.2 Å². The third-order valence-corrected chi connectivity index (χ3v) is 7.51. The minimum Gasteiger partial charge on any atom is -0.480 e. The van der Waals surface area contributed by atoms with Crippen LogP contribution in [0.15, 0.2) is 0 Å². The summed E-state index contributed by atoms with van der Waals surface area (Å²) >= 11 is 0. The van der Waals surface area contributed by atoms with Gasteiger partial charge < -0.3 is 10.2 Å². The molecule has 3 unspecified atom stereocenters. The van der Waals surface area contributed by atoms with E-state index in [1.165, 1.54) is 0 Å². The van der Waals surface area contributed by atoms with Gasteiger partial charge in [-0.2, -0.15) is 0 Å². The number of hydrogen-bond donors (Lipinski definition) is 2. The van der Waals surface area contributed by atoms with Crippen LogP contribution in [0.3, 0.4) is 0 Å². The first-order valence-corrected chi connectivity index (χ1v) is 11.8. The van der Waals surface area contributed by atoms with Crippen molar-refractivity contribution in [1.82, 2.24) is 14.7 Å². The number of carbonyl (C=O) groups excluding carboxylic acids is 1. The number of Topliss-reactive ketones (excluding diaryl/α,β-unsaturated/α-hetero) is 1. The van der Waals surface area contributed by atoms with Crippen molar-refractivity contribution in [2.45, 2.75) is 51.7 Å². The predicted molar refractivity (Wildman–Crippen MR) is 116 cm³/mol. The van der Waals surface area contributed by atoms with Gasteiger partial charge >= 0.3 is 29.0 Å². The first-order valence-electron chi connectivity index (χ1n) is 11.8. The molecule has 9 nitrogen and oxygen atoms in total. The van der Waals surface area contributed by atoms with Crippen molar-refractivity contribution in [3.63, 3.8) is 0 Å². The predicted octanol–water partition coefficient (Wildman–Crippen LogP) is 0.397. The molecular formula is C22H39CuN4O5+3. The summed E-state index contributed by atoms with van der Waals surface area (Å²) in [5.41, 5.74) is 0. The standard InChI is InChI=1S/C22H38N4O5.Cu/c1-17(2)19(27)6-5-18(22(30)31)26-13-4-9-25-11-10-23(16-21(28)29)7-3-8-24(12-14-26)15-20(25)26;/h17-18,20H,3-16H2,1-2H3,(H-,28,29,30,31);/q;+2/p+1/t18?,20?,26-;/m0./s1. The van der Waals surface area contributed by atoms with E-state index in [4.69, 9.17) is 0 Å². The molecule has 0 aromatic carbocycles. The van der Waals surface area contributed by atoms with Crippen molar-refractivity contribution in [2.75, 3.05) is 65.4 Å². The number of carbonyl (C=O) groups is 3. The molecule has 3 aliphatic heterocycles. The van der Waals surface area contributed by atoms with E-state index in [9.17, 15) is 24.6 Å². The fourth-order valence-corrected chi connectivity index (χ4v) is 5.78. The maximum Gasteiger partial charge on any atom is 2.00 e. The molecule has 185 valence electrons. The van der Waals surface area contributed by atoms with Crippen LogP contribution in [-0.4, -0.2) is 125 Å². The maximum absolute atomic E-state index is 12.5. The van der Waals surface area contributed by atoms with Crippen LogP contribution in [0.1, 0.15) is 39.5 Å². The number of fused-ring (bicyclic) bond motifs is 1. The van der Waals surface area contributed by atoms with E-state index in [-0.39, 0.29) is 41.5 Å². The third-order valence-electron chi connectivity index (χ3n) is 7.51. The summed E-state index contributed by atoms with van der Waals surface area (Å²) in [6.45, 7) is 11.2. The second-order valence-corrected chi connectivity index (χ2v) is 9.76. The average Bonchev–Trinajstić information content (AvgIpc) is 2.71. The molecule has 2 bridgehead atoms. The number of nitrogens with zero attached hydrogens (tertiary/aromatic N) is 4. The SMILES string of the molecule is CC(C)C(=O)CCC(C(=O)O)[N@+]12CCCN3CCN(CC(=O)O)CCCN(CC1)CC32.[Cu+2]. The molecule has 4 atom stereocenters. The Labute approximate surface area is 201 Å². The molecule has 3 fully saturated rings. The van der Waals surface area contributed by atoms with Crippen LogP contribution < -0.4 is 0 Å². The van der Waals surface area contributed by atoms with Crippen LogP contribution in [0.5, 0.6) is 0 Å². The number of rotatable bonds is 8. The Bertz CT molecular complexity index is 679. The number of ketones is 1. The van der Waals surface area contributed by atoms with Gasteiger partial charge in [0, 0.05) is 57.9 Å². The second kappa shape index (κ2) is 11.9. The molecule has 0 saturated carbocycles. The molecule has 3 aliphatic rings. The van der Waals surface area contributed by atoms with Gasteiger partial charge in [0.25, 0.3) is 0 Å². The normalized spacial score (nSPS) is 30.2. The Balaban J connectivity index is 0.00000363. The molecular weight excluding hydrogens is 464 g/mol. The van der Waals surface area contributed by atoms with Crippen molar-refractivity contribution in [2.24, 2.45) is 5.92 Å². The Hall–Kier alpha value is -1.03. The first kappa shape index (κ1) is 27.2. The van der Waals surface area contributed by atoms with Crippen LogP contribution in [-0.2, 0) is 31.5 Å². The number of hydrogen-bond acceptors (Lipinski definition) is 6.